The van der Waals surface area contributed by atoms with E-state index in [1.807, 2.05) is 49.4 Å². The summed E-state index contributed by atoms with van der Waals surface area (Å²) in [7, 11) is 0. The van der Waals surface area contributed by atoms with Crippen LogP contribution in [0.5, 0.6) is 0 Å². The summed E-state index contributed by atoms with van der Waals surface area (Å²) in [6.07, 6.45) is 4.93. The predicted molar refractivity (Wildman–Crippen MR) is 92.5 cm³/mol. The normalized spacial score (nSPS) is 19.6. The van der Waals surface area contributed by atoms with Crippen molar-refractivity contribution in [2.75, 3.05) is 5.01 Å². The maximum Gasteiger partial charge on any atom is 0.414 e. The second-order valence-electron chi connectivity index (χ2n) is 6.08. The van der Waals surface area contributed by atoms with Gasteiger partial charge >= 0.3 is 5.91 Å². The van der Waals surface area contributed by atoms with Gasteiger partial charge in [0.2, 0.25) is 0 Å². The Bertz CT molecular complexity index is 904. The highest BCUT2D eigenvalue weighted by Crippen LogP contribution is 2.28. The molecular weight excluding hydrogens is 316 g/mol. The number of rotatable bonds is 3. The molecule has 1 atom stereocenters. The molecule has 124 valence electrons. The Morgan fingerprint density at radius 2 is 1.96 bits per heavy atom. The Morgan fingerprint density at radius 3 is 2.68 bits per heavy atom. The summed E-state index contributed by atoms with van der Waals surface area (Å²) in [5, 5.41) is 1.50. The van der Waals surface area contributed by atoms with Crippen molar-refractivity contribution >= 4 is 23.2 Å². The van der Waals surface area contributed by atoms with Crippen LogP contribution in [0.4, 0.5) is 5.69 Å². The van der Waals surface area contributed by atoms with Gasteiger partial charge in [-0.15, -0.1) is 0 Å². The number of carbonyl (C=O) groups is 2. The SMILES string of the molecule is CC1=[N+](Cc2cccnc2)C(=O)C=C2NN(c3ccccc3)C(=O)C21. The number of fused-ring (bicyclic) bond motifs is 1. The Labute approximate surface area is 145 Å². The number of aromatic nitrogens is 1. The van der Waals surface area contributed by atoms with Crippen molar-refractivity contribution in [3.63, 3.8) is 0 Å². The van der Waals surface area contributed by atoms with E-state index in [0.29, 0.717) is 12.2 Å². The van der Waals surface area contributed by atoms with E-state index in [4.69, 9.17) is 0 Å². The molecule has 0 saturated carbocycles. The van der Waals surface area contributed by atoms with Crippen molar-refractivity contribution in [2.24, 2.45) is 5.92 Å². The molecule has 0 spiro atoms. The molecule has 6 nitrogen and oxygen atoms in total. The van der Waals surface area contributed by atoms with Gasteiger partial charge in [-0.1, -0.05) is 18.2 Å². The van der Waals surface area contributed by atoms with Gasteiger partial charge in [0.05, 0.1) is 17.5 Å². The number of pyridine rings is 1. The van der Waals surface area contributed by atoms with Gasteiger partial charge in [0, 0.05) is 24.9 Å². The van der Waals surface area contributed by atoms with E-state index in [2.05, 4.69) is 10.4 Å². The van der Waals surface area contributed by atoms with Crippen LogP contribution in [0.25, 0.3) is 0 Å². The highest BCUT2D eigenvalue weighted by atomic mass is 16.2. The molecule has 6 heteroatoms. The minimum Gasteiger partial charge on any atom is -0.294 e. The number of anilines is 1. The largest absolute Gasteiger partial charge is 0.414 e. The van der Waals surface area contributed by atoms with Gasteiger partial charge in [-0.3, -0.25) is 15.2 Å². The van der Waals surface area contributed by atoms with Gasteiger partial charge in [0.15, 0.2) is 18.2 Å². The molecule has 25 heavy (non-hydrogen) atoms. The topological polar surface area (TPSA) is 65.3 Å². The molecule has 1 aromatic heterocycles. The number of amides is 2. The smallest absolute Gasteiger partial charge is 0.294 e. The average molecular weight is 333 g/mol. The Kier molecular flexibility index (Phi) is 3.65. The van der Waals surface area contributed by atoms with Crippen LogP contribution in [-0.4, -0.2) is 27.1 Å². The average Bonchev–Trinajstić information content (AvgIpc) is 2.96. The van der Waals surface area contributed by atoms with Crippen molar-refractivity contribution < 1.29 is 14.2 Å². The minimum atomic E-state index is -0.463. The first kappa shape index (κ1) is 15.3. The fourth-order valence-electron chi connectivity index (χ4n) is 3.22. The number of nitrogens with one attached hydrogen (secondary N) is 1. The van der Waals surface area contributed by atoms with Crippen molar-refractivity contribution in [2.45, 2.75) is 13.5 Å². The standard InChI is InChI=1S/C19H16N4O2/c1-13-18-16(21-23(19(18)25)15-7-3-2-4-8-15)10-17(24)22(13)12-14-6-5-9-20-11-14/h2-11,18H,12H2,1H3/p+1. The van der Waals surface area contributed by atoms with E-state index in [1.165, 1.54) is 11.1 Å². The van der Waals surface area contributed by atoms with Gasteiger partial charge in [-0.2, -0.15) is 4.58 Å². The molecule has 1 aromatic carbocycles. The van der Waals surface area contributed by atoms with Gasteiger partial charge in [0.1, 0.15) is 0 Å². The quantitative estimate of drug-likeness (QED) is 0.868. The van der Waals surface area contributed by atoms with Crippen LogP contribution < -0.4 is 10.4 Å². The van der Waals surface area contributed by atoms with Gasteiger partial charge in [0.25, 0.3) is 5.91 Å². The minimum absolute atomic E-state index is 0.0846. The Balaban J connectivity index is 1.68. The van der Waals surface area contributed by atoms with Gasteiger partial charge in [-0.25, -0.2) is 9.80 Å². The maximum absolute atomic E-state index is 12.9. The fourth-order valence-corrected chi connectivity index (χ4v) is 3.22. The molecule has 0 aliphatic carbocycles. The molecule has 2 amide bonds. The third kappa shape index (κ3) is 2.61. The zero-order valence-corrected chi connectivity index (χ0v) is 13.7. The van der Waals surface area contributed by atoms with E-state index >= 15 is 0 Å². The Morgan fingerprint density at radius 1 is 1.16 bits per heavy atom. The van der Waals surface area contributed by atoms with E-state index in [-0.39, 0.29) is 11.8 Å². The number of nitrogens with zero attached hydrogens (tertiary/aromatic N) is 3. The molecule has 1 unspecified atom stereocenters. The zero-order chi connectivity index (χ0) is 17.4. The second-order valence-corrected chi connectivity index (χ2v) is 6.08. The van der Waals surface area contributed by atoms with Gasteiger partial charge < -0.3 is 0 Å². The lowest BCUT2D eigenvalue weighted by molar-refractivity contribution is -0.463. The van der Waals surface area contributed by atoms with Crippen molar-refractivity contribution in [1.82, 2.24) is 10.4 Å². The van der Waals surface area contributed by atoms with E-state index in [1.54, 1.807) is 17.0 Å². The van der Waals surface area contributed by atoms with Crippen molar-refractivity contribution in [1.29, 1.82) is 0 Å². The molecule has 0 radical (unpaired) electrons. The van der Waals surface area contributed by atoms with E-state index in [0.717, 1.165) is 17.0 Å². The van der Waals surface area contributed by atoms with Crippen LogP contribution in [0.3, 0.4) is 0 Å². The predicted octanol–water partition coefficient (Wildman–Crippen LogP) is 1.65. The Hall–Kier alpha value is -3.28. The molecule has 4 rings (SSSR count). The lowest BCUT2D eigenvalue weighted by Crippen LogP contribution is -2.37. The first-order chi connectivity index (χ1) is 12.1. The van der Waals surface area contributed by atoms with Crippen LogP contribution in [0.15, 0.2) is 66.6 Å². The molecule has 0 bridgehead atoms. The summed E-state index contributed by atoms with van der Waals surface area (Å²) in [5.41, 5.74) is 6.09. The molecule has 2 aliphatic rings. The molecule has 1 saturated heterocycles. The third-order valence-electron chi connectivity index (χ3n) is 4.49. The summed E-state index contributed by atoms with van der Waals surface area (Å²) in [4.78, 5) is 29.5. The summed E-state index contributed by atoms with van der Waals surface area (Å²) < 4.78 is 1.64. The highest BCUT2D eigenvalue weighted by molar-refractivity contribution is 6.15. The first-order valence-corrected chi connectivity index (χ1v) is 8.06. The van der Waals surface area contributed by atoms with Crippen LogP contribution in [-0.2, 0) is 16.1 Å². The van der Waals surface area contributed by atoms with Crippen LogP contribution in [0.2, 0.25) is 0 Å². The maximum atomic E-state index is 12.9. The number of hydrogen-bond donors (Lipinski definition) is 1. The number of carbonyl (C=O) groups excluding carboxylic acids is 2. The van der Waals surface area contributed by atoms with Gasteiger partial charge in [-0.05, 0) is 24.3 Å². The summed E-state index contributed by atoms with van der Waals surface area (Å²) in [6, 6.07) is 13.1. The lowest BCUT2D eigenvalue weighted by atomic mass is 9.97. The third-order valence-corrected chi connectivity index (χ3v) is 4.49. The monoisotopic (exact) mass is 333 g/mol. The van der Waals surface area contributed by atoms with Crippen LogP contribution >= 0.6 is 0 Å². The molecule has 1 N–H and O–H groups in total. The fraction of sp³-hybridized carbons (Fsp3) is 0.158. The molecule has 3 heterocycles. The second kappa shape index (κ2) is 5.98. The molecule has 2 aromatic rings. The highest BCUT2D eigenvalue weighted by Gasteiger charge is 2.46. The number of benzene rings is 1. The number of para-hydroxylation sites is 1. The van der Waals surface area contributed by atoms with E-state index in [9.17, 15) is 9.59 Å². The molecular formula is C19H17N4O2+. The first-order valence-electron chi connectivity index (χ1n) is 8.06. The summed E-state index contributed by atoms with van der Waals surface area (Å²) in [6.45, 7) is 2.23. The number of hydrazine groups is 1. The van der Waals surface area contributed by atoms with E-state index < -0.39 is 5.92 Å². The number of hydrogen-bond acceptors (Lipinski definition) is 4. The molecule has 1 fully saturated rings. The molecule has 2 aliphatic heterocycles. The lowest BCUT2D eigenvalue weighted by Gasteiger charge is -2.15. The zero-order valence-electron chi connectivity index (χ0n) is 13.7. The summed E-state index contributed by atoms with van der Waals surface area (Å²) in [5.74, 6) is -0.684. The van der Waals surface area contributed by atoms with Crippen LogP contribution in [0.1, 0.15) is 12.5 Å². The van der Waals surface area contributed by atoms with Crippen molar-refractivity contribution in [3.8, 4) is 0 Å². The van der Waals surface area contributed by atoms with Crippen LogP contribution in [0, 0.1) is 5.92 Å². The summed E-state index contributed by atoms with van der Waals surface area (Å²) >= 11 is 0. The van der Waals surface area contributed by atoms with Crippen molar-refractivity contribution in [3.05, 3.63) is 72.2 Å².